The van der Waals surface area contributed by atoms with Crippen LogP contribution >= 0.6 is 0 Å². The topological polar surface area (TPSA) is 95.9 Å². The quantitative estimate of drug-likeness (QED) is 0.585. The van der Waals surface area contributed by atoms with Gasteiger partial charge in [0.25, 0.3) is 0 Å². The number of para-hydroxylation sites is 2. The van der Waals surface area contributed by atoms with E-state index in [-0.39, 0.29) is 22.2 Å². The summed E-state index contributed by atoms with van der Waals surface area (Å²) in [6.07, 6.45) is 1.65. The van der Waals surface area contributed by atoms with Crippen LogP contribution in [0.15, 0.2) is 71.6 Å². The highest BCUT2D eigenvalue weighted by Crippen LogP contribution is 2.44. The molecule has 0 bridgehead atoms. The summed E-state index contributed by atoms with van der Waals surface area (Å²) in [5.41, 5.74) is 1.45. The van der Waals surface area contributed by atoms with E-state index in [1.54, 1.807) is 12.1 Å². The zero-order valence-corrected chi connectivity index (χ0v) is 18.0. The van der Waals surface area contributed by atoms with Crippen molar-refractivity contribution in [2.75, 3.05) is 18.4 Å². The van der Waals surface area contributed by atoms with Gasteiger partial charge >= 0.3 is 0 Å². The minimum Gasteiger partial charge on any atom is -0.506 e. The van der Waals surface area contributed by atoms with Gasteiger partial charge in [-0.2, -0.15) is 4.31 Å². The number of phenolic OH excluding ortho intramolecular Hbond substituents is 1. The number of nitrogens with one attached hydrogen (secondary N) is 1. The van der Waals surface area contributed by atoms with Gasteiger partial charge in [0.05, 0.1) is 16.5 Å². The molecule has 2 aliphatic rings. The van der Waals surface area contributed by atoms with E-state index in [4.69, 9.17) is 4.74 Å². The van der Waals surface area contributed by atoms with Crippen molar-refractivity contribution in [3.8, 4) is 17.2 Å². The molecule has 32 heavy (non-hydrogen) atoms. The van der Waals surface area contributed by atoms with E-state index in [0.717, 1.165) is 12.8 Å². The van der Waals surface area contributed by atoms with Crippen LogP contribution in [0.3, 0.4) is 0 Å². The molecule has 5 rings (SSSR count). The van der Waals surface area contributed by atoms with Crippen LogP contribution < -0.4 is 10.1 Å². The molecule has 3 aromatic carbocycles. The second kappa shape index (κ2) is 7.96. The molecule has 164 valence electrons. The monoisotopic (exact) mass is 450 g/mol. The highest BCUT2D eigenvalue weighted by molar-refractivity contribution is 7.89. The van der Waals surface area contributed by atoms with Gasteiger partial charge in [-0.3, -0.25) is 4.79 Å². The third-order valence-electron chi connectivity index (χ3n) is 5.87. The molecular weight excluding hydrogens is 428 g/mol. The van der Waals surface area contributed by atoms with E-state index in [2.05, 4.69) is 5.32 Å². The van der Waals surface area contributed by atoms with Crippen molar-refractivity contribution < 1.29 is 23.1 Å². The number of hydrogen-bond donors (Lipinski definition) is 2. The maximum absolute atomic E-state index is 13.4. The number of rotatable bonds is 4. The summed E-state index contributed by atoms with van der Waals surface area (Å²) >= 11 is 0. The number of sulfonamides is 1. The summed E-state index contributed by atoms with van der Waals surface area (Å²) in [7, 11) is -3.69. The predicted octanol–water partition coefficient (Wildman–Crippen LogP) is 4.05. The third kappa shape index (κ3) is 3.51. The number of amides is 1. The fraction of sp³-hybridized carbons (Fsp3) is 0.208. The molecule has 0 spiro atoms. The number of ether oxygens (including phenoxy) is 1. The summed E-state index contributed by atoms with van der Waals surface area (Å²) in [6.45, 7) is 0.946. The largest absolute Gasteiger partial charge is 0.506 e. The van der Waals surface area contributed by atoms with E-state index >= 15 is 0 Å². The Morgan fingerprint density at radius 1 is 0.938 bits per heavy atom. The first-order valence-corrected chi connectivity index (χ1v) is 11.9. The Morgan fingerprint density at radius 2 is 1.53 bits per heavy atom. The lowest BCUT2D eigenvalue weighted by Gasteiger charge is -2.27. The number of phenols is 1. The lowest BCUT2D eigenvalue weighted by atomic mass is 9.87. The molecule has 3 aromatic rings. The van der Waals surface area contributed by atoms with Crippen LogP contribution in [-0.2, 0) is 14.8 Å². The van der Waals surface area contributed by atoms with Crippen LogP contribution in [0.1, 0.15) is 29.9 Å². The summed E-state index contributed by atoms with van der Waals surface area (Å²) < 4.78 is 33.2. The molecule has 0 saturated carbocycles. The number of carbonyl (C=O) groups is 1. The number of fused-ring (bicyclic) bond motifs is 2. The Labute approximate surface area is 186 Å². The maximum atomic E-state index is 13.4. The Balaban J connectivity index is 1.50. The zero-order valence-electron chi connectivity index (χ0n) is 17.2. The molecule has 0 radical (unpaired) electrons. The average molecular weight is 451 g/mol. The van der Waals surface area contributed by atoms with E-state index in [1.165, 1.54) is 22.5 Å². The SMILES string of the molecule is O=C(Nc1cc(S(=O)(=O)N2CCCC2)ccc1O)C1c2ccccc2Oc2ccccc21. The fourth-order valence-electron chi connectivity index (χ4n) is 4.25. The van der Waals surface area contributed by atoms with Gasteiger partial charge < -0.3 is 15.2 Å². The first-order valence-electron chi connectivity index (χ1n) is 10.4. The van der Waals surface area contributed by atoms with Crippen LogP contribution in [-0.4, -0.2) is 36.8 Å². The van der Waals surface area contributed by atoms with Crippen LogP contribution in [0.2, 0.25) is 0 Å². The number of hydrogen-bond acceptors (Lipinski definition) is 5. The Hall–Kier alpha value is -3.36. The normalized spacial score (nSPS) is 16.1. The average Bonchev–Trinajstić information content (AvgIpc) is 3.34. The number of aromatic hydroxyl groups is 1. The maximum Gasteiger partial charge on any atom is 0.243 e. The van der Waals surface area contributed by atoms with Crippen molar-refractivity contribution in [3.63, 3.8) is 0 Å². The van der Waals surface area contributed by atoms with Gasteiger partial charge in [0.2, 0.25) is 15.9 Å². The first kappa shape index (κ1) is 20.5. The van der Waals surface area contributed by atoms with Gasteiger partial charge in [0, 0.05) is 24.2 Å². The smallest absolute Gasteiger partial charge is 0.243 e. The van der Waals surface area contributed by atoms with E-state index in [0.29, 0.717) is 35.7 Å². The third-order valence-corrected chi connectivity index (χ3v) is 7.77. The molecule has 0 unspecified atom stereocenters. The van der Waals surface area contributed by atoms with Crippen LogP contribution in [0.25, 0.3) is 0 Å². The minimum atomic E-state index is -3.69. The molecule has 2 heterocycles. The van der Waals surface area contributed by atoms with E-state index < -0.39 is 15.9 Å². The Morgan fingerprint density at radius 3 is 2.16 bits per heavy atom. The molecular formula is C24H22N2O5S. The molecule has 1 saturated heterocycles. The predicted molar refractivity (Wildman–Crippen MR) is 120 cm³/mol. The van der Waals surface area contributed by atoms with Gasteiger partial charge in [-0.25, -0.2) is 8.42 Å². The molecule has 1 amide bonds. The molecule has 2 aliphatic heterocycles. The van der Waals surface area contributed by atoms with Crippen molar-refractivity contribution in [3.05, 3.63) is 77.9 Å². The first-order chi connectivity index (χ1) is 15.4. The van der Waals surface area contributed by atoms with Crippen LogP contribution in [0.4, 0.5) is 5.69 Å². The summed E-state index contributed by atoms with van der Waals surface area (Å²) in [4.78, 5) is 13.5. The lowest BCUT2D eigenvalue weighted by Crippen LogP contribution is -2.28. The van der Waals surface area contributed by atoms with Crippen molar-refractivity contribution in [1.82, 2.24) is 4.31 Å². The molecule has 0 atom stereocenters. The van der Waals surface area contributed by atoms with E-state index in [1.807, 2.05) is 36.4 Å². The van der Waals surface area contributed by atoms with Crippen molar-refractivity contribution in [1.29, 1.82) is 0 Å². The Bertz CT molecular complexity index is 1250. The van der Waals surface area contributed by atoms with Gasteiger partial charge in [-0.1, -0.05) is 36.4 Å². The second-order valence-electron chi connectivity index (χ2n) is 7.89. The molecule has 7 nitrogen and oxygen atoms in total. The van der Waals surface area contributed by atoms with Gasteiger partial charge in [-0.15, -0.1) is 0 Å². The molecule has 0 aliphatic carbocycles. The molecule has 1 fully saturated rings. The molecule has 2 N–H and O–H groups in total. The standard InChI is InChI=1S/C24H22N2O5S/c27-20-12-11-16(32(29,30)26-13-5-6-14-26)15-19(20)25-24(28)23-17-7-1-3-9-21(17)31-22-10-4-2-8-18(22)23/h1-4,7-12,15,23,27H,5-6,13-14H2,(H,25,28). The summed E-state index contributed by atoms with van der Waals surface area (Å²) in [6, 6.07) is 18.5. The molecule has 8 heteroatoms. The van der Waals surface area contributed by atoms with Gasteiger partial charge in [-0.05, 0) is 43.2 Å². The van der Waals surface area contributed by atoms with Crippen molar-refractivity contribution in [2.45, 2.75) is 23.7 Å². The molecule has 0 aromatic heterocycles. The fourth-order valence-corrected chi connectivity index (χ4v) is 5.79. The van der Waals surface area contributed by atoms with Crippen LogP contribution in [0.5, 0.6) is 17.2 Å². The van der Waals surface area contributed by atoms with E-state index in [9.17, 15) is 18.3 Å². The minimum absolute atomic E-state index is 0.0419. The highest BCUT2D eigenvalue weighted by Gasteiger charge is 2.33. The lowest BCUT2D eigenvalue weighted by molar-refractivity contribution is -0.116. The second-order valence-corrected chi connectivity index (χ2v) is 9.83. The highest BCUT2D eigenvalue weighted by atomic mass is 32.2. The number of benzene rings is 3. The number of nitrogens with zero attached hydrogens (tertiary/aromatic N) is 1. The number of anilines is 1. The summed E-state index contributed by atoms with van der Waals surface area (Å²) in [5, 5.41) is 13.1. The van der Waals surface area contributed by atoms with Crippen molar-refractivity contribution in [2.24, 2.45) is 0 Å². The zero-order chi connectivity index (χ0) is 22.3. The van der Waals surface area contributed by atoms with Crippen molar-refractivity contribution >= 4 is 21.6 Å². The van der Waals surface area contributed by atoms with Gasteiger partial charge in [0.1, 0.15) is 17.2 Å². The Kier molecular flexibility index (Phi) is 5.11. The van der Waals surface area contributed by atoms with Gasteiger partial charge in [0.15, 0.2) is 0 Å². The number of carbonyl (C=O) groups excluding carboxylic acids is 1. The summed E-state index contributed by atoms with van der Waals surface area (Å²) in [5.74, 6) is -0.0946. The van der Waals surface area contributed by atoms with Crippen LogP contribution in [0, 0.1) is 0 Å².